The molecule has 10 heteroatoms. The van der Waals surface area contributed by atoms with Gasteiger partial charge in [0.15, 0.2) is 16.6 Å². The molecule has 2 rings (SSSR count). The molecule has 300 valence electrons. The van der Waals surface area contributed by atoms with Crippen molar-refractivity contribution < 1.29 is 37.8 Å². The molecular weight excluding hydrogens is 689 g/mol. The van der Waals surface area contributed by atoms with Crippen LogP contribution in [0.25, 0.3) is 0 Å². The monoisotopic (exact) mass is 765 g/mol. The van der Waals surface area contributed by atoms with Crippen LogP contribution in [-0.2, 0) is 32.7 Å². The molecule has 0 bridgehead atoms. The normalized spacial score (nSPS) is 31.2. The van der Waals surface area contributed by atoms with Gasteiger partial charge in [-0.2, -0.15) is 0 Å². The van der Waals surface area contributed by atoms with Crippen molar-refractivity contribution in [1.29, 1.82) is 0 Å². The molecule has 1 N–H and O–H groups in total. The highest BCUT2D eigenvalue weighted by Gasteiger charge is 2.48. The molecule has 0 spiro atoms. The van der Waals surface area contributed by atoms with Gasteiger partial charge in [-0.25, -0.2) is 0 Å². The van der Waals surface area contributed by atoms with Crippen molar-refractivity contribution in [3.63, 3.8) is 0 Å². The number of rotatable bonds is 13. The first kappa shape index (κ1) is 46.6. The summed E-state index contributed by atoms with van der Waals surface area (Å²) >= 11 is 0. The number of aliphatic hydroxyl groups is 1. The van der Waals surface area contributed by atoms with Crippen LogP contribution < -0.4 is 0 Å². The molecule has 2 heterocycles. The number of cyclic esters (lactones) is 1. The van der Waals surface area contributed by atoms with E-state index in [9.17, 15) is 14.7 Å². The predicted molar refractivity (Wildman–Crippen MR) is 217 cm³/mol. The Morgan fingerprint density at radius 1 is 1.06 bits per heavy atom. The van der Waals surface area contributed by atoms with E-state index in [0.29, 0.717) is 18.3 Å². The third kappa shape index (κ3) is 13.6. The van der Waals surface area contributed by atoms with E-state index in [2.05, 4.69) is 94.6 Å². The Balaban J connectivity index is 2.23. The van der Waals surface area contributed by atoms with Gasteiger partial charge in [-0.05, 0) is 93.4 Å². The summed E-state index contributed by atoms with van der Waals surface area (Å²) in [6.07, 6.45) is 11.3. The maximum absolute atomic E-state index is 13.6. The van der Waals surface area contributed by atoms with Gasteiger partial charge in [0.25, 0.3) is 0 Å². The molecule has 0 radical (unpaired) electrons. The van der Waals surface area contributed by atoms with E-state index in [1.807, 2.05) is 32.1 Å². The number of hydrogen-bond donors (Lipinski definition) is 1. The molecule has 0 aromatic heterocycles. The van der Waals surface area contributed by atoms with E-state index in [-0.39, 0.29) is 53.1 Å². The number of ether oxygens (including phenoxy) is 3. The molecule has 10 atom stereocenters. The Kier molecular flexibility index (Phi) is 16.5. The molecule has 52 heavy (non-hydrogen) atoms. The van der Waals surface area contributed by atoms with Crippen LogP contribution in [0.2, 0.25) is 36.3 Å². The van der Waals surface area contributed by atoms with Gasteiger partial charge in [-0.1, -0.05) is 93.5 Å². The number of carbonyl (C=O) groups is 2. The largest absolute Gasteiger partial charge is 0.457 e. The van der Waals surface area contributed by atoms with Crippen molar-refractivity contribution >= 4 is 28.6 Å². The second-order valence-corrected chi connectivity index (χ2v) is 28.6. The van der Waals surface area contributed by atoms with Crippen LogP contribution in [0.15, 0.2) is 36.0 Å². The Hall–Kier alpha value is -1.57. The number of hydrogen-bond acceptors (Lipinski definition) is 8. The maximum Gasteiger partial charge on any atom is 0.308 e. The van der Waals surface area contributed by atoms with E-state index < -0.39 is 46.5 Å². The van der Waals surface area contributed by atoms with Crippen molar-refractivity contribution in [2.45, 2.75) is 201 Å². The third-order valence-electron chi connectivity index (χ3n) is 12.1. The molecule has 0 aromatic rings. The maximum atomic E-state index is 13.6. The summed E-state index contributed by atoms with van der Waals surface area (Å²) in [6, 6.07) is 0. The fourth-order valence-electron chi connectivity index (χ4n) is 6.39. The van der Waals surface area contributed by atoms with Crippen molar-refractivity contribution in [3.8, 4) is 0 Å². The quantitative estimate of drug-likeness (QED) is 0.0650. The average molecular weight is 765 g/mol. The van der Waals surface area contributed by atoms with Gasteiger partial charge in [0.05, 0.1) is 24.7 Å². The number of esters is 2. The molecule has 2 aliphatic heterocycles. The standard InChI is InChI=1S/C42H76O8Si2/c1-18-34(50-52(16,17)41(10,11)12)31(5)39-35(47-39)26-28(2)20-19-21-29(3)38-30(4)22-23-36(46-32(6)43)42(13,45)25-24-33(27-37(44)48-38)49-51(14,15)40(7,8)9/h19-23,28,30-31,33-36,38-39,45H,18,24-27H2,1-17H3/b20-19+,23-22+,29-21+/t28-,30+,31-,33-,34+,35-,36+,38-,39-,42-/m1/s1. The zero-order chi connectivity index (χ0) is 40.0. The minimum atomic E-state index is -2.25. The van der Waals surface area contributed by atoms with Crippen LogP contribution >= 0.6 is 0 Å². The molecule has 2 aliphatic rings. The van der Waals surface area contributed by atoms with Crippen LogP contribution in [0.3, 0.4) is 0 Å². The Bertz CT molecular complexity index is 1270. The van der Waals surface area contributed by atoms with Gasteiger partial charge in [-0.3, -0.25) is 9.59 Å². The highest BCUT2D eigenvalue weighted by atomic mass is 28.4. The predicted octanol–water partition coefficient (Wildman–Crippen LogP) is 10.1. The molecule has 1 saturated heterocycles. The summed E-state index contributed by atoms with van der Waals surface area (Å²) in [4.78, 5) is 25.6. The Labute approximate surface area is 319 Å². The summed E-state index contributed by atoms with van der Waals surface area (Å²) in [5.41, 5.74) is -0.456. The average Bonchev–Trinajstić information content (AvgIpc) is 3.75. The summed E-state index contributed by atoms with van der Waals surface area (Å²) in [6.45, 7) is 36.0. The Morgan fingerprint density at radius 2 is 1.65 bits per heavy atom. The number of epoxide rings is 1. The highest BCUT2D eigenvalue weighted by molar-refractivity contribution is 6.74. The molecule has 0 aromatic carbocycles. The first-order valence-corrected chi connectivity index (χ1v) is 25.6. The summed E-state index contributed by atoms with van der Waals surface area (Å²) in [5.74, 6) is -0.414. The van der Waals surface area contributed by atoms with E-state index in [1.54, 1.807) is 13.0 Å². The Morgan fingerprint density at radius 3 is 2.19 bits per heavy atom. The van der Waals surface area contributed by atoms with Gasteiger partial charge >= 0.3 is 11.9 Å². The van der Waals surface area contributed by atoms with Crippen molar-refractivity contribution in [1.82, 2.24) is 0 Å². The number of carbonyl (C=O) groups excluding carboxylic acids is 2. The molecule has 0 amide bonds. The second-order valence-electron chi connectivity index (χ2n) is 19.1. The van der Waals surface area contributed by atoms with Crippen LogP contribution in [0.1, 0.15) is 122 Å². The molecule has 1 fully saturated rings. The van der Waals surface area contributed by atoms with Crippen molar-refractivity contribution in [3.05, 3.63) is 36.0 Å². The van der Waals surface area contributed by atoms with E-state index in [0.717, 1.165) is 18.4 Å². The molecular formula is C42H76O8Si2. The van der Waals surface area contributed by atoms with Crippen LogP contribution in [-0.4, -0.2) is 75.9 Å². The fraction of sp³-hybridized carbons (Fsp3) is 0.810. The van der Waals surface area contributed by atoms with Gasteiger partial charge < -0.3 is 28.2 Å². The zero-order valence-electron chi connectivity index (χ0n) is 35.9. The molecule has 8 nitrogen and oxygen atoms in total. The van der Waals surface area contributed by atoms with Crippen LogP contribution in [0, 0.1) is 17.8 Å². The van der Waals surface area contributed by atoms with Crippen LogP contribution in [0.4, 0.5) is 0 Å². The van der Waals surface area contributed by atoms with Gasteiger partial charge in [0.2, 0.25) is 0 Å². The summed E-state index contributed by atoms with van der Waals surface area (Å²) in [5, 5.41) is 11.7. The number of allylic oxidation sites excluding steroid dienone is 3. The molecule has 0 saturated carbocycles. The first-order valence-electron chi connectivity index (χ1n) is 19.7. The SMILES string of the molecule is CC[C@H](O[Si](C)(C)C(C)(C)C)[C@@H](C)[C@H]1O[C@@H]1C[C@H](C)/C=C/C=C(\C)[C@H]1OC(=O)C[C@H](O[Si](C)(C)C(C)(C)C)CC[C@@](C)(O)[C@@H](OC(C)=O)/C=C/[C@@H]1C. The highest BCUT2D eigenvalue weighted by Crippen LogP contribution is 2.43. The zero-order valence-corrected chi connectivity index (χ0v) is 37.9. The van der Waals surface area contributed by atoms with Crippen molar-refractivity contribution in [2.24, 2.45) is 17.8 Å². The van der Waals surface area contributed by atoms with Gasteiger partial charge in [0.1, 0.15) is 17.8 Å². The third-order valence-corrected chi connectivity index (χ3v) is 21.1. The van der Waals surface area contributed by atoms with E-state index in [4.69, 9.17) is 23.1 Å². The lowest BCUT2D eigenvalue weighted by Crippen LogP contribution is -2.46. The summed E-state index contributed by atoms with van der Waals surface area (Å²) < 4.78 is 31.6. The molecule has 0 aliphatic carbocycles. The second kappa shape index (κ2) is 18.4. The topological polar surface area (TPSA) is 104 Å². The lowest BCUT2D eigenvalue weighted by atomic mass is 9.88. The lowest BCUT2D eigenvalue weighted by Gasteiger charge is -2.40. The summed E-state index contributed by atoms with van der Waals surface area (Å²) in [7, 11) is -4.12. The minimum Gasteiger partial charge on any atom is -0.457 e. The van der Waals surface area contributed by atoms with Gasteiger partial charge in [-0.15, -0.1) is 0 Å². The fourth-order valence-corrected chi connectivity index (χ4v) is 9.27. The smallest absolute Gasteiger partial charge is 0.308 e. The minimum absolute atomic E-state index is 0.0617. The van der Waals surface area contributed by atoms with Crippen molar-refractivity contribution in [2.75, 3.05) is 0 Å². The van der Waals surface area contributed by atoms with E-state index >= 15 is 0 Å². The first-order chi connectivity index (χ1) is 23.6. The van der Waals surface area contributed by atoms with Crippen LogP contribution in [0.5, 0.6) is 0 Å². The van der Waals surface area contributed by atoms with Gasteiger partial charge in [0, 0.05) is 24.9 Å². The molecule has 0 unspecified atom stereocenters. The van der Waals surface area contributed by atoms with E-state index in [1.165, 1.54) is 6.92 Å². The lowest BCUT2D eigenvalue weighted by molar-refractivity contribution is -0.157.